The number of hydrogen-bond acceptors (Lipinski definition) is 2. The van der Waals surface area contributed by atoms with Crippen LogP contribution in [0.2, 0.25) is 0 Å². The molecule has 0 bridgehead atoms. The van der Waals surface area contributed by atoms with Crippen molar-refractivity contribution in [3.63, 3.8) is 0 Å². The molecule has 0 radical (unpaired) electrons. The van der Waals surface area contributed by atoms with E-state index in [1.807, 2.05) is 11.8 Å². The highest BCUT2D eigenvalue weighted by Crippen LogP contribution is 2.27. The lowest BCUT2D eigenvalue weighted by Gasteiger charge is -2.36. The molecule has 1 aliphatic carbocycles. The predicted molar refractivity (Wildman–Crippen MR) is 72.2 cm³/mol. The first-order valence-electron chi connectivity index (χ1n) is 7.57. The van der Waals surface area contributed by atoms with Crippen LogP contribution in [0.4, 0.5) is 0 Å². The van der Waals surface area contributed by atoms with Crippen LogP contribution in [0.1, 0.15) is 64.7 Å². The zero-order valence-electron chi connectivity index (χ0n) is 11.7. The van der Waals surface area contributed by atoms with E-state index in [2.05, 4.69) is 0 Å². The Balaban J connectivity index is 1.77. The van der Waals surface area contributed by atoms with Crippen molar-refractivity contribution in [3.8, 4) is 0 Å². The van der Waals surface area contributed by atoms with E-state index in [0.29, 0.717) is 11.8 Å². The van der Waals surface area contributed by atoms with Gasteiger partial charge in [-0.25, -0.2) is 0 Å². The first-order valence-corrected chi connectivity index (χ1v) is 7.57. The maximum atomic E-state index is 12.2. The molecule has 104 valence electrons. The fraction of sp³-hybridized carbons (Fsp3) is 0.933. The quantitative estimate of drug-likeness (QED) is 0.769. The summed E-state index contributed by atoms with van der Waals surface area (Å²) in [6.45, 7) is 3.34. The average molecular weight is 253 g/mol. The maximum Gasteiger partial charge on any atom is 0.222 e. The second-order valence-electron chi connectivity index (χ2n) is 6.44. The topological polar surface area (TPSA) is 40.5 Å². The Labute approximate surface area is 111 Å². The van der Waals surface area contributed by atoms with Gasteiger partial charge in [0.05, 0.1) is 5.60 Å². The van der Waals surface area contributed by atoms with Crippen LogP contribution in [0.5, 0.6) is 0 Å². The zero-order chi connectivity index (χ0) is 13.0. The molecule has 1 amide bonds. The van der Waals surface area contributed by atoms with Crippen LogP contribution in [-0.4, -0.2) is 34.6 Å². The molecule has 0 unspecified atom stereocenters. The van der Waals surface area contributed by atoms with E-state index < -0.39 is 5.60 Å². The lowest BCUT2D eigenvalue weighted by Crippen LogP contribution is -2.45. The molecule has 2 fully saturated rings. The lowest BCUT2D eigenvalue weighted by atomic mass is 9.92. The molecule has 2 rings (SSSR count). The number of piperidine rings is 1. The SMILES string of the molecule is CC1(O)CCN(C(=O)CC2CCCCCC2)CC1. The minimum Gasteiger partial charge on any atom is -0.390 e. The van der Waals surface area contributed by atoms with Gasteiger partial charge in [0.2, 0.25) is 5.91 Å². The monoisotopic (exact) mass is 253 g/mol. The largest absolute Gasteiger partial charge is 0.390 e. The molecule has 1 saturated carbocycles. The number of amides is 1. The number of likely N-dealkylation sites (tertiary alicyclic amines) is 1. The minimum atomic E-state index is -0.556. The summed E-state index contributed by atoms with van der Waals surface area (Å²) in [6, 6.07) is 0. The van der Waals surface area contributed by atoms with Crippen molar-refractivity contribution in [2.24, 2.45) is 5.92 Å². The molecular formula is C15H27NO2. The summed E-state index contributed by atoms with van der Waals surface area (Å²) in [5.41, 5.74) is -0.556. The highest BCUT2D eigenvalue weighted by Gasteiger charge is 2.30. The number of hydrogen-bond donors (Lipinski definition) is 1. The van der Waals surface area contributed by atoms with Gasteiger partial charge in [-0.2, -0.15) is 0 Å². The Kier molecular flexibility index (Phi) is 4.66. The molecule has 0 aromatic rings. The average Bonchev–Trinajstić information content (AvgIpc) is 2.57. The van der Waals surface area contributed by atoms with E-state index in [1.165, 1.54) is 38.5 Å². The first-order chi connectivity index (χ1) is 8.57. The van der Waals surface area contributed by atoms with Gasteiger partial charge in [0, 0.05) is 19.5 Å². The van der Waals surface area contributed by atoms with Crippen molar-refractivity contribution in [1.82, 2.24) is 4.90 Å². The Morgan fingerprint density at radius 3 is 2.28 bits per heavy atom. The summed E-state index contributed by atoms with van der Waals surface area (Å²) >= 11 is 0. The standard InChI is InChI=1S/C15H27NO2/c1-15(18)8-10-16(11-9-15)14(17)12-13-6-4-2-3-5-7-13/h13,18H,2-12H2,1H3. The van der Waals surface area contributed by atoms with Crippen molar-refractivity contribution in [1.29, 1.82) is 0 Å². The molecule has 1 N–H and O–H groups in total. The van der Waals surface area contributed by atoms with Gasteiger partial charge in [0.1, 0.15) is 0 Å². The number of carbonyl (C=O) groups is 1. The third-order valence-corrected chi connectivity index (χ3v) is 4.63. The van der Waals surface area contributed by atoms with Gasteiger partial charge in [-0.3, -0.25) is 4.79 Å². The van der Waals surface area contributed by atoms with E-state index in [4.69, 9.17) is 0 Å². The van der Waals surface area contributed by atoms with Crippen LogP contribution in [0.15, 0.2) is 0 Å². The maximum absolute atomic E-state index is 12.2. The van der Waals surface area contributed by atoms with E-state index in [9.17, 15) is 9.90 Å². The van der Waals surface area contributed by atoms with Crippen molar-refractivity contribution in [3.05, 3.63) is 0 Å². The molecule has 3 nitrogen and oxygen atoms in total. The van der Waals surface area contributed by atoms with Gasteiger partial charge in [-0.1, -0.05) is 25.7 Å². The Hall–Kier alpha value is -0.570. The molecule has 0 spiro atoms. The third kappa shape index (κ3) is 3.98. The summed E-state index contributed by atoms with van der Waals surface area (Å²) < 4.78 is 0. The minimum absolute atomic E-state index is 0.317. The predicted octanol–water partition coefficient (Wildman–Crippen LogP) is 2.72. The van der Waals surface area contributed by atoms with Gasteiger partial charge in [-0.05, 0) is 38.5 Å². The summed E-state index contributed by atoms with van der Waals surface area (Å²) in [5, 5.41) is 9.89. The van der Waals surface area contributed by atoms with Crippen molar-refractivity contribution < 1.29 is 9.90 Å². The first kappa shape index (κ1) is 13.9. The molecular weight excluding hydrogens is 226 g/mol. The molecule has 0 atom stereocenters. The molecule has 1 aliphatic heterocycles. The van der Waals surface area contributed by atoms with Crippen LogP contribution in [0.25, 0.3) is 0 Å². The molecule has 3 heteroatoms. The Morgan fingerprint density at radius 1 is 1.17 bits per heavy atom. The molecule has 1 saturated heterocycles. The molecule has 18 heavy (non-hydrogen) atoms. The summed E-state index contributed by atoms with van der Waals surface area (Å²) in [5.74, 6) is 0.930. The molecule has 2 aliphatic rings. The fourth-order valence-corrected chi connectivity index (χ4v) is 3.18. The van der Waals surface area contributed by atoms with E-state index in [-0.39, 0.29) is 0 Å². The second-order valence-corrected chi connectivity index (χ2v) is 6.44. The number of aliphatic hydroxyl groups is 1. The third-order valence-electron chi connectivity index (χ3n) is 4.63. The second kappa shape index (κ2) is 6.05. The van der Waals surface area contributed by atoms with Crippen LogP contribution in [0.3, 0.4) is 0 Å². The van der Waals surface area contributed by atoms with Gasteiger partial charge in [-0.15, -0.1) is 0 Å². The summed E-state index contributed by atoms with van der Waals surface area (Å²) in [4.78, 5) is 14.2. The summed E-state index contributed by atoms with van der Waals surface area (Å²) in [7, 11) is 0. The smallest absolute Gasteiger partial charge is 0.222 e. The van der Waals surface area contributed by atoms with E-state index in [1.54, 1.807) is 0 Å². The van der Waals surface area contributed by atoms with Crippen LogP contribution in [0, 0.1) is 5.92 Å². The van der Waals surface area contributed by atoms with E-state index in [0.717, 1.165) is 32.4 Å². The number of carbonyl (C=O) groups excluding carboxylic acids is 1. The van der Waals surface area contributed by atoms with E-state index >= 15 is 0 Å². The van der Waals surface area contributed by atoms with Crippen molar-refractivity contribution in [2.45, 2.75) is 70.3 Å². The Bertz CT molecular complexity index is 270. The van der Waals surface area contributed by atoms with Crippen LogP contribution < -0.4 is 0 Å². The van der Waals surface area contributed by atoms with Gasteiger partial charge in [0.25, 0.3) is 0 Å². The van der Waals surface area contributed by atoms with Crippen LogP contribution >= 0.6 is 0 Å². The normalized spacial score (nSPS) is 25.8. The van der Waals surface area contributed by atoms with Gasteiger partial charge in [0.15, 0.2) is 0 Å². The molecule has 1 heterocycles. The lowest BCUT2D eigenvalue weighted by molar-refractivity contribution is -0.136. The fourth-order valence-electron chi connectivity index (χ4n) is 3.18. The number of rotatable bonds is 2. The highest BCUT2D eigenvalue weighted by atomic mass is 16.3. The zero-order valence-corrected chi connectivity index (χ0v) is 11.7. The van der Waals surface area contributed by atoms with Crippen molar-refractivity contribution in [2.75, 3.05) is 13.1 Å². The number of nitrogens with zero attached hydrogens (tertiary/aromatic N) is 1. The highest BCUT2D eigenvalue weighted by molar-refractivity contribution is 5.76. The van der Waals surface area contributed by atoms with Gasteiger partial charge < -0.3 is 10.0 Å². The molecule has 0 aromatic carbocycles. The summed E-state index contributed by atoms with van der Waals surface area (Å²) in [6.07, 6.45) is 9.94. The Morgan fingerprint density at radius 2 is 1.72 bits per heavy atom. The van der Waals surface area contributed by atoms with Crippen molar-refractivity contribution >= 4 is 5.91 Å². The van der Waals surface area contributed by atoms with Gasteiger partial charge >= 0.3 is 0 Å². The molecule has 0 aromatic heterocycles. The van der Waals surface area contributed by atoms with Crippen LogP contribution in [-0.2, 0) is 4.79 Å².